The lowest BCUT2D eigenvalue weighted by molar-refractivity contribution is -0.121. The third kappa shape index (κ3) is 5.12. The van der Waals surface area contributed by atoms with E-state index in [0.717, 1.165) is 28.0 Å². The molecule has 0 spiro atoms. The number of carbonyl (C=O) groups is 1. The van der Waals surface area contributed by atoms with Gasteiger partial charge in [-0.1, -0.05) is 30.3 Å². The van der Waals surface area contributed by atoms with Crippen molar-refractivity contribution in [3.8, 4) is 22.6 Å². The minimum Gasteiger partial charge on any atom is -0.457 e. The van der Waals surface area contributed by atoms with Crippen molar-refractivity contribution in [2.24, 2.45) is 0 Å². The Morgan fingerprint density at radius 3 is 2.48 bits per heavy atom. The Balaban J connectivity index is 1.58. The van der Waals surface area contributed by atoms with Gasteiger partial charge in [0.25, 0.3) is 0 Å². The third-order valence-electron chi connectivity index (χ3n) is 5.62. The Hall–Kier alpha value is -3.91. The number of nitrogens with two attached hydrogens (primary N) is 1. The third-order valence-corrected chi connectivity index (χ3v) is 5.62. The molecule has 1 atom stereocenters. The molecule has 1 amide bonds. The number of aromatic nitrogens is 3. The number of nitrogens with one attached hydrogen (secondary N) is 1. The molecule has 33 heavy (non-hydrogen) atoms. The number of nitrogen functional groups attached to an aromatic ring is 1. The summed E-state index contributed by atoms with van der Waals surface area (Å²) in [5.74, 6) is 1.79. The lowest BCUT2D eigenvalue weighted by Gasteiger charge is -2.20. The fraction of sp³-hybridized carbons (Fsp3) is 0.240. The summed E-state index contributed by atoms with van der Waals surface area (Å²) in [5, 5.41) is 3.70. The SMILES string of the molecule is CC(CNC(=O)Cn1cc(-c2ccc(Oc3ccccc3)cc2)c2c(N)ncnc21)N(C)C. The fourth-order valence-electron chi connectivity index (χ4n) is 3.47. The first-order valence-corrected chi connectivity index (χ1v) is 10.8. The van der Waals surface area contributed by atoms with Gasteiger partial charge in [-0.15, -0.1) is 0 Å². The van der Waals surface area contributed by atoms with Crippen LogP contribution >= 0.6 is 0 Å². The molecule has 3 N–H and O–H groups in total. The molecule has 4 rings (SSSR count). The number of anilines is 1. The zero-order chi connectivity index (χ0) is 23.4. The molecule has 0 bridgehead atoms. The van der Waals surface area contributed by atoms with Crippen LogP contribution in [0.1, 0.15) is 6.92 Å². The summed E-state index contributed by atoms with van der Waals surface area (Å²) >= 11 is 0. The number of hydrogen-bond acceptors (Lipinski definition) is 6. The average molecular weight is 445 g/mol. The van der Waals surface area contributed by atoms with Crippen LogP contribution in [0.4, 0.5) is 5.82 Å². The van der Waals surface area contributed by atoms with E-state index < -0.39 is 0 Å². The van der Waals surface area contributed by atoms with Gasteiger partial charge in [-0.25, -0.2) is 9.97 Å². The van der Waals surface area contributed by atoms with E-state index in [1.807, 2.05) is 79.5 Å². The summed E-state index contributed by atoms with van der Waals surface area (Å²) in [6.45, 7) is 2.77. The van der Waals surface area contributed by atoms with Crippen molar-refractivity contribution in [1.82, 2.24) is 24.8 Å². The Kier molecular flexibility index (Phi) is 6.55. The quantitative estimate of drug-likeness (QED) is 0.431. The molecule has 0 radical (unpaired) electrons. The Morgan fingerprint density at radius 2 is 1.79 bits per heavy atom. The van der Waals surface area contributed by atoms with E-state index in [9.17, 15) is 4.79 Å². The number of hydrogen-bond donors (Lipinski definition) is 2. The number of ether oxygens (including phenoxy) is 1. The van der Waals surface area contributed by atoms with Crippen molar-refractivity contribution in [2.75, 3.05) is 26.4 Å². The minimum atomic E-state index is -0.0871. The van der Waals surface area contributed by atoms with Crippen LogP contribution in [-0.4, -0.2) is 52.0 Å². The van der Waals surface area contributed by atoms with Crippen molar-refractivity contribution in [2.45, 2.75) is 19.5 Å². The highest BCUT2D eigenvalue weighted by Crippen LogP contribution is 2.34. The van der Waals surface area contributed by atoms with Gasteiger partial charge in [0, 0.05) is 24.3 Å². The average Bonchev–Trinajstić information content (AvgIpc) is 3.18. The molecule has 2 heterocycles. The molecule has 0 saturated heterocycles. The van der Waals surface area contributed by atoms with Gasteiger partial charge in [-0.05, 0) is 50.8 Å². The molecule has 1 unspecified atom stereocenters. The first kappa shape index (κ1) is 22.3. The minimum absolute atomic E-state index is 0.0871. The normalized spacial score (nSPS) is 12.1. The van der Waals surface area contributed by atoms with Gasteiger partial charge >= 0.3 is 0 Å². The predicted molar refractivity (Wildman–Crippen MR) is 130 cm³/mol. The van der Waals surface area contributed by atoms with Crippen molar-refractivity contribution in [3.05, 3.63) is 67.1 Å². The molecule has 0 aliphatic heterocycles. The van der Waals surface area contributed by atoms with Gasteiger partial charge in [-0.2, -0.15) is 0 Å². The molecular weight excluding hydrogens is 416 g/mol. The van der Waals surface area contributed by atoms with Crippen LogP contribution in [-0.2, 0) is 11.3 Å². The van der Waals surface area contributed by atoms with E-state index in [1.165, 1.54) is 6.33 Å². The number of nitrogens with zero attached hydrogens (tertiary/aromatic N) is 4. The second-order valence-electron chi connectivity index (χ2n) is 8.18. The molecule has 2 aromatic carbocycles. The van der Waals surface area contributed by atoms with E-state index in [1.54, 1.807) is 0 Å². The summed E-state index contributed by atoms with van der Waals surface area (Å²) in [6.07, 6.45) is 3.32. The molecule has 8 nitrogen and oxygen atoms in total. The molecule has 0 saturated carbocycles. The number of carbonyl (C=O) groups excluding carboxylic acids is 1. The van der Waals surface area contributed by atoms with Crippen LogP contribution in [0.25, 0.3) is 22.2 Å². The van der Waals surface area contributed by atoms with Crippen molar-refractivity contribution in [3.63, 3.8) is 0 Å². The van der Waals surface area contributed by atoms with Gasteiger partial charge in [0.2, 0.25) is 5.91 Å². The zero-order valence-electron chi connectivity index (χ0n) is 19.0. The lowest BCUT2D eigenvalue weighted by Crippen LogP contribution is -2.39. The summed E-state index contributed by atoms with van der Waals surface area (Å²) in [6, 6.07) is 17.6. The summed E-state index contributed by atoms with van der Waals surface area (Å²) in [4.78, 5) is 23.2. The largest absolute Gasteiger partial charge is 0.457 e. The molecule has 0 aliphatic rings. The molecule has 170 valence electrons. The maximum atomic E-state index is 12.6. The number of benzene rings is 2. The molecular formula is C25H28N6O2. The number of likely N-dealkylation sites (N-methyl/N-ethyl adjacent to an activating group) is 1. The monoisotopic (exact) mass is 444 g/mol. The van der Waals surface area contributed by atoms with E-state index in [2.05, 4.69) is 27.1 Å². The van der Waals surface area contributed by atoms with Crippen LogP contribution in [0.3, 0.4) is 0 Å². The fourth-order valence-corrected chi connectivity index (χ4v) is 3.47. The number of para-hydroxylation sites is 1. The first-order valence-electron chi connectivity index (χ1n) is 10.8. The predicted octanol–water partition coefficient (Wildman–Crippen LogP) is 3.54. The number of amides is 1. The van der Waals surface area contributed by atoms with Gasteiger partial charge in [0.1, 0.15) is 35.8 Å². The van der Waals surface area contributed by atoms with E-state index in [4.69, 9.17) is 10.5 Å². The standard InChI is InChI=1S/C25H28N6O2/c1-17(30(2)3)13-27-22(32)15-31-14-21(23-24(26)28-16-29-25(23)31)18-9-11-20(12-10-18)33-19-7-5-4-6-8-19/h4-12,14,16-17H,13,15H2,1-3H3,(H,27,32)(H2,26,28,29). The summed E-state index contributed by atoms with van der Waals surface area (Å²) in [7, 11) is 3.97. The van der Waals surface area contributed by atoms with Gasteiger partial charge < -0.3 is 25.3 Å². The van der Waals surface area contributed by atoms with Crippen LogP contribution in [0.2, 0.25) is 0 Å². The van der Waals surface area contributed by atoms with Crippen molar-refractivity contribution >= 4 is 22.8 Å². The van der Waals surface area contributed by atoms with Crippen molar-refractivity contribution < 1.29 is 9.53 Å². The zero-order valence-corrected chi connectivity index (χ0v) is 19.0. The van der Waals surface area contributed by atoms with Gasteiger partial charge in [-0.3, -0.25) is 4.79 Å². The first-order chi connectivity index (χ1) is 15.9. The lowest BCUT2D eigenvalue weighted by atomic mass is 10.1. The second-order valence-corrected chi connectivity index (χ2v) is 8.18. The molecule has 4 aromatic rings. The van der Waals surface area contributed by atoms with E-state index in [-0.39, 0.29) is 18.5 Å². The van der Waals surface area contributed by atoms with E-state index in [0.29, 0.717) is 18.0 Å². The summed E-state index contributed by atoms with van der Waals surface area (Å²) < 4.78 is 7.70. The Bertz CT molecular complexity index is 1240. The highest BCUT2D eigenvalue weighted by Gasteiger charge is 2.17. The summed E-state index contributed by atoms with van der Waals surface area (Å²) in [5.41, 5.74) is 8.63. The molecule has 2 aromatic heterocycles. The molecule has 0 fully saturated rings. The smallest absolute Gasteiger partial charge is 0.240 e. The topological polar surface area (TPSA) is 98.3 Å². The highest BCUT2D eigenvalue weighted by molar-refractivity contribution is 6.01. The second kappa shape index (κ2) is 9.70. The molecule has 0 aliphatic carbocycles. The number of fused-ring (bicyclic) bond motifs is 1. The van der Waals surface area contributed by atoms with Gasteiger partial charge in [0.15, 0.2) is 0 Å². The van der Waals surface area contributed by atoms with E-state index >= 15 is 0 Å². The number of rotatable bonds is 8. The highest BCUT2D eigenvalue weighted by atomic mass is 16.5. The Labute approximate surface area is 193 Å². The van der Waals surface area contributed by atoms with Crippen LogP contribution in [0.5, 0.6) is 11.5 Å². The maximum absolute atomic E-state index is 12.6. The van der Waals surface area contributed by atoms with Crippen molar-refractivity contribution in [1.29, 1.82) is 0 Å². The molecule has 8 heteroatoms. The van der Waals surface area contributed by atoms with Crippen LogP contribution in [0.15, 0.2) is 67.1 Å². The van der Waals surface area contributed by atoms with Crippen LogP contribution in [0, 0.1) is 0 Å². The maximum Gasteiger partial charge on any atom is 0.240 e. The van der Waals surface area contributed by atoms with Gasteiger partial charge in [0.05, 0.1) is 5.39 Å². The van der Waals surface area contributed by atoms with Crippen LogP contribution < -0.4 is 15.8 Å². The Morgan fingerprint density at radius 1 is 1.09 bits per heavy atom.